The average molecular weight is 345 g/mol. The molecule has 1 saturated carbocycles. The van der Waals surface area contributed by atoms with E-state index in [0.29, 0.717) is 12.2 Å². The minimum atomic E-state index is -1.24. The van der Waals surface area contributed by atoms with Gasteiger partial charge in [0.05, 0.1) is 12.3 Å². The van der Waals surface area contributed by atoms with Gasteiger partial charge in [-0.05, 0) is 37.8 Å². The van der Waals surface area contributed by atoms with E-state index < -0.39 is 11.6 Å². The molecule has 0 heterocycles. The molecule has 1 fully saturated rings. The van der Waals surface area contributed by atoms with Crippen LogP contribution in [0.2, 0.25) is 0 Å². The Balaban J connectivity index is 2.39. The Hall–Kier alpha value is -2.06. The maximum absolute atomic E-state index is 11.7. The van der Waals surface area contributed by atoms with Crippen molar-refractivity contribution in [3.05, 3.63) is 23.3 Å². The van der Waals surface area contributed by atoms with Crippen LogP contribution in [0, 0.1) is 29.1 Å². The molecular weight excluding hydrogens is 318 g/mol. The van der Waals surface area contributed by atoms with Gasteiger partial charge in [0.15, 0.2) is 5.60 Å². The molecule has 2 aliphatic carbocycles. The van der Waals surface area contributed by atoms with E-state index in [1.54, 1.807) is 6.92 Å². The first-order valence-corrected chi connectivity index (χ1v) is 8.63. The number of ether oxygens (including phenoxy) is 1. The summed E-state index contributed by atoms with van der Waals surface area (Å²) >= 11 is 0. The van der Waals surface area contributed by atoms with Crippen molar-refractivity contribution in [2.75, 3.05) is 13.7 Å². The van der Waals surface area contributed by atoms with Crippen LogP contribution in [0.3, 0.4) is 0 Å². The van der Waals surface area contributed by atoms with Gasteiger partial charge in [0.25, 0.3) is 0 Å². The number of aliphatic hydroxyl groups is 1. The van der Waals surface area contributed by atoms with Crippen molar-refractivity contribution < 1.29 is 19.5 Å². The summed E-state index contributed by atoms with van der Waals surface area (Å²) in [6.45, 7) is 9.86. The number of nitrogens with zero attached hydrogens (tertiary/aromatic N) is 1. The van der Waals surface area contributed by atoms with Crippen molar-refractivity contribution in [2.24, 2.45) is 22.4 Å². The predicted molar refractivity (Wildman–Crippen MR) is 96.7 cm³/mol. The first kappa shape index (κ1) is 19.3. The second-order valence-electron chi connectivity index (χ2n) is 7.17. The lowest BCUT2D eigenvalue weighted by molar-refractivity contribution is -0.137. The molecule has 136 valence electrons. The van der Waals surface area contributed by atoms with E-state index in [4.69, 9.17) is 9.57 Å². The lowest BCUT2D eigenvalue weighted by atomic mass is 9.74. The van der Waals surface area contributed by atoms with E-state index in [1.165, 1.54) is 13.2 Å². The van der Waals surface area contributed by atoms with Crippen LogP contribution in [0.1, 0.15) is 41.0 Å². The Morgan fingerprint density at radius 3 is 2.80 bits per heavy atom. The summed E-state index contributed by atoms with van der Waals surface area (Å²) in [5.41, 5.74) is 0.609. The number of fused-ring (bicyclic) bond motifs is 1. The molecule has 0 spiro atoms. The molecule has 0 saturated heterocycles. The molecule has 0 radical (unpaired) electrons. The second kappa shape index (κ2) is 7.05. The highest BCUT2D eigenvalue weighted by Crippen LogP contribution is 2.64. The topological polar surface area (TPSA) is 68.1 Å². The van der Waals surface area contributed by atoms with E-state index >= 15 is 0 Å². The lowest BCUT2D eigenvalue weighted by Gasteiger charge is -2.34. The first-order valence-electron chi connectivity index (χ1n) is 8.63. The van der Waals surface area contributed by atoms with Gasteiger partial charge in [0.2, 0.25) is 0 Å². The lowest BCUT2D eigenvalue weighted by Crippen LogP contribution is -2.42. The predicted octanol–water partition coefficient (Wildman–Crippen LogP) is 2.85. The minimum Gasteiger partial charge on any atom is -0.463 e. The Morgan fingerprint density at radius 1 is 1.56 bits per heavy atom. The van der Waals surface area contributed by atoms with E-state index in [1.807, 2.05) is 33.8 Å². The second-order valence-corrected chi connectivity index (χ2v) is 7.17. The molecule has 0 aliphatic heterocycles. The zero-order valence-electron chi connectivity index (χ0n) is 15.8. The van der Waals surface area contributed by atoms with E-state index in [-0.39, 0.29) is 17.3 Å². The maximum Gasteiger partial charge on any atom is 0.331 e. The smallest absolute Gasteiger partial charge is 0.331 e. The molecule has 1 N–H and O–H groups in total. The number of hydrogen-bond acceptors (Lipinski definition) is 5. The van der Waals surface area contributed by atoms with Gasteiger partial charge in [-0.15, -0.1) is 0 Å². The highest BCUT2D eigenvalue weighted by atomic mass is 16.6. The van der Waals surface area contributed by atoms with Gasteiger partial charge < -0.3 is 14.7 Å². The molecule has 5 nitrogen and oxygen atoms in total. The minimum absolute atomic E-state index is 0.0572. The van der Waals surface area contributed by atoms with Gasteiger partial charge in [0.1, 0.15) is 7.11 Å². The highest BCUT2D eigenvalue weighted by molar-refractivity contribution is 6.02. The summed E-state index contributed by atoms with van der Waals surface area (Å²) in [6, 6.07) is 0. The quantitative estimate of drug-likeness (QED) is 0.368. The molecule has 25 heavy (non-hydrogen) atoms. The van der Waals surface area contributed by atoms with Gasteiger partial charge in [-0.2, -0.15) is 0 Å². The molecule has 2 rings (SSSR count). The SMILES string of the molecule is CCOC(=O)C=C(C#CC1(O)C(C)=CC(=NOC)C2CC21C)C(C)C. The fourth-order valence-electron chi connectivity index (χ4n) is 3.33. The Morgan fingerprint density at radius 2 is 2.24 bits per heavy atom. The summed E-state index contributed by atoms with van der Waals surface area (Å²) in [6.07, 6.45) is 4.06. The number of oxime groups is 1. The Labute approximate surface area is 149 Å². The molecule has 2 aliphatic rings. The van der Waals surface area contributed by atoms with E-state index in [0.717, 1.165) is 17.7 Å². The third kappa shape index (κ3) is 3.50. The van der Waals surface area contributed by atoms with Crippen LogP contribution in [0.4, 0.5) is 0 Å². The number of esters is 1. The molecule has 5 heteroatoms. The summed E-state index contributed by atoms with van der Waals surface area (Å²) in [7, 11) is 1.52. The third-order valence-corrected chi connectivity index (χ3v) is 5.12. The van der Waals surface area contributed by atoms with Crippen LogP contribution in [0.15, 0.2) is 28.5 Å². The zero-order chi connectivity index (χ0) is 18.8. The highest BCUT2D eigenvalue weighted by Gasteiger charge is 2.67. The number of carbonyl (C=O) groups excluding carboxylic acids is 1. The molecule has 0 amide bonds. The fourth-order valence-corrected chi connectivity index (χ4v) is 3.33. The number of hydrogen-bond donors (Lipinski definition) is 1. The van der Waals surface area contributed by atoms with Crippen molar-refractivity contribution in [2.45, 2.75) is 46.6 Å². The molecule has 0 aromatic rings. The molecule has 0 aromatic heterocycles. The van der Waals surface area contributed by atoms with Gasteiger partial charge in [-0.25, -0.2) is 4.79 Å². The molecule has 0 bridgehead atoms. The van der Waals surface area contributed by atoms with Gasteiger partial charge in [-0.3, -0.25) is 0 Å². The van der Waals surface area contributed by atoms with Gasteiger partial charge >= 0.3 is 5.97 Å². The number of carbonyl (C=O) groups is 1. The van der Waals surface area contributed by atoms with Crippen molar-refractivity contribution in [1.29, 1.82) is 0 Å². The Bertz CT molecular complexity index is 707. The van der Waals surface area contributed by atoms with E-state index in [9.17, 15) is 9.90 Å². The zero-order valence-corrected chi connectivity index (χ0v) is 15.8. The summed E-state index contributed by atoms with van der Waals surface area (Å²) in [4.78, 5) is 16.6. The van der Waals surface area contributed by atoms with Crippen LogP contribution >= 0.6 is 0 Å². The summed E-state index contributed by atoms with van der Waals surface area (Å²) in [5.74, 6) is 5.84. The van der Waals surface area contributed by atoms with Crippen LogP contribution < -0.4 is 0 Å². The van der Waals surface area contributed by atoms with Crippen molar-refractivity contribution >= 4 is 11.7 Å². The van der Waals surface area contributed by atoms with Crippen molar-refractivity contribution in [1.82, 2.24) is 0 Å². The average Bonchev–Trinajstić information content (AvgIpc) is 3.24. The van der Waals surface area contributed by atoms with Crippen molar-refractivity contribution in [3.8, 4) is 11.8 Å². The van der Waals surface area contributed by atoms with Crippen LogP contribution in [-0.4, -0.2) is 36.1 Å². The third-order valence-electron chi connectivity index (χ3n) is 5.12. The maximum atomic E-state index is 11.7. The molecule has 0 aromatic carbocycles. The van der Waals surface area contributed by atoms with Gasteiger partial charge in [0, 0.05) is 23.0 Å². The molecule has 3 unspecified atom stereocenters. The van der Waals surface area contributed by atoms with Crippen LogP contribution in [0.5, 0.6) is 0 Å². The molecule has 3 atom stereocenters. The normalized spacial score (nSPS) is 32.5. The summed E-state index contributed by atoms with van der Waals surface area (Å²) < 4.78 is 4.96. The standard InChI is InChI=1S/C20H27NO4/c1-7-25-18(22)11-15(13(2)3)8-9-20(23)14(4)10-17(21-24-6)16-12-19(16,20)5/h10-11,13,16,23H,7,12H2,1-6H3. The first-order chi connectivity index (χ1) is 11.7. The monoisotopic (exact) mass is 345 g/mol. The summed E-state index contributed by atoms with van der Waals surface area (Å²) in [5, 5.41) is 15.3. The van der Waals surface area contributed by atoms with Gasteiger partial charge in [-0.1, -0.05) is 37.8 Å². The number of allylic oxidation sites excluding steroid dienone is 2. The van der Waals surface area contributed by atoms with E-state index in [2.05, 4.69) is 17.0 Å². The fraction of sp³-hybridized carbons (Fsp3) is 0.600. The van der Waals surface area contributed by atoms with Crippen LogP contribution in [0.25, 0.3) is 0 Å². The van der Waals surface area contributed by atoms with Crippen LogP contribution in [-0.2, 0) is 14.4 Å². The molecular formula is C20H27NO4. The Kier molecular flexibility index (Phi) is 5.43. The largest absolute Gasteiger partial charge is 0.463 e. The number of rotatable bonds is 4. The van der Waals surface area contributed by atoms with Crippen molar-refractivity contribution in [3.63, 3.8) is 0 Å².